The van der Waals surface area contributed by atoms with E-state index < -0.39 is 11.6 Å². The van der Waals surface area contributed by atoms with Crippen LogP contribution in [-0.2, 0) is 11.3 Å². The molecule has 1 saturated heterocycles. The Bertz CT molecular complexity index is 997. The Morgan fingerprint density at radius 2 is 1.83 bits per heavy atom. The molecule has 0 unspecified atom stereocenters. The van der Waals surface area contributed by atoms with Gasteiger partial charge in [0.2, 0.25) is 0 Å². The quantitative estimate of drug-likeness (QED) is 0.620. The summed E-state index contributed by atoms with van der Waals surface area (Å²) in [6, 6.07) is 7.92. The highest BCUT2D eigenvalue weighted by Gasteiger charge is 2.52. The number of hydrazone groups is 1. The molecule has 7 nitrogen and oxygen atoms in total. The van der Waals surface area contributed by atoms with E-state index in [1.54, 1.807) is 6.21 Å². The number of benzene rings is 1. The smallest absolute Gasteiger partial charge is 0.321 e. The third-order valence-corrected chi connectivity index (χ3v) is 6.46. The van der Waals surface area contributed by atoms with Gasteiger partial charge in [-0.05, 0) is 57.9 Å². The van der Waals surface area contributed by atoms with Gasteiger partial charge in [-0.25, -0.2) is 4.79 Å². The molecule has 1 aliphatic heterocycles. The van der Waals surface area contributed by atoms with Crippen molar-refractivity contribution >= 4 is 18.2 Å². The Morgan fingerprint density at radius 3 is 2.50 bits per heavy atom. The number of aromatic nitrogens is 2. The van der Waals surface area contributed by atoms with Gasteiger partial charge in [0.1, 0.15) is 5.54 Å². The summed E-state index contributed by atoms with van der Waals surface area (Å²) in [6.07, 6.45) is 4.82. The molecule has 0 atom stereocenters. The summed E-state index contributed by atoms with van der Waals surface area (Å²) in [5.41, 5.74) is 4.21. The molecular weight excluding hydrogens is 378 g/mol. The van der Waals surface area contributed by atoms with Crippen LogP contribution < -0.4 is 5.32 Å². The highest BCUT2D eigenvalue weighted by Crippen LogP contribution is 2.36. The minimum Gasteiger partial charge on any atom is -0.321 e. The van der Waals surface area contributed by atoms with Crippen molar-refractivity contribution in [3.8, 4) is 0 Å². The number of imide groups is 1. The zero-order valence-electron chi connectivity index (χ0n) is 18.1. The first-order valence-electron chi connectivity index (χ1n) is 10.6. The average molecular weight is 408 g/mol. The van der Waals surface area contributed by atoms with Gasteiger partial charge >= 0.3 is 6.03 Å². The van der Waals surface area contributed by atoms with Gasteiger partial charge in [-0.15, -0.1) is 5.01 Å². The number of nitrogens with one attached hydrogen (secondary N) is 1. The number of urea groups is 1. The normalized spacial score (nSPS) is 24.3. The van der Waals surface area contributed by atoms with Gasteiger partial charge in [0.25, 0.3) is 5.91 Å². The van der Waals surface area contributed by atoms with Crippen LogP contribution in [0.25, 0.3) is 0 Å². The molecule has 1 spiro atoms. The van der Waals surface area contributed by atoms with Gasteiger partial charge < -0.3 is 5.32 Å². The maximum absolute atomic E-state index is 13.0. The van der Waals surface area contributed by atoms with Crippen molar-refractivity contribution in [2.75, 3.05) is 0 Å². The van der Waals surface area contributed by atoms with Crippen LogP contribution in [0.1, 0.15) is 60.7 Å². The zero-order chi connectivity index (χ0) is 21.5. The second-order valence-electron chi connectivity index (χ2n) is 8.78. The molecule has 2 heterocycles. The Balaban J connectivity index is 1.53. The van der Waals surface area contributed by atoms with Crippen LogP contribution in [0.5, 0.6) is 0 Å². The van der Waals surface area contributed by atoms with E-state index in [-0.39, 0.29) is 5.91 Å². The van der Waals surface area contributed by atoms with Crippen molar-refractivity contribution in [1.29, 1.82) is 0 Å². The number of carbonyl (C=O) groups is 2. The summed E-state index contributed by atoms with van der Waals surface area (Å²) in [4.78, 5) is 25.4. The Hall–Kier alpha value is -2.96. The lowest BCUT2D eigenvalue weighted by Crippen LogP contribution is -2.49. The lowest BCUT2D eigenvalue weighted by molar-refractivity contribution is -0.132. The first-order valence-corrected chi connectivity index (χ1v) is 10.6. The lowest BCUT2D eigenvalue weighted by Gasteiger charge is -2.33. The number of hydrogen-bond donors (Lipinski definition) is 1. The molecule has 30 heavy (non-hydrogen) atoms. The van der Waals surface area contributed by atoms with E-state index in [4.69, 9.17) is 0 Å². The molecule has 3 amide bonds. The second-order valence-corrected chi connectivity index (χ2v) is 8.78. The van der Waals surface area contributed by atoms with Crippen molar-refractivity contribution in [3.63, 3.8) is 0 Å². The predicted molar refractivity (Wildman–Crippen MR) is 115 cm³/mol. The van der Waals surface area contributed by atoms with Crippen LogP contribution in [0.3, 0.4) is 0 Å². The summed E-state index contributed by atoms with van der Waals surface area (Å²) in [7, 11) is 0. The van der Waals surface area contributed by atoms with E-state index >= 15 is 0 Å². The minimum atomic E-state index is -0.777. The van der Waals surface area contributed by atoms with E-state index in [0.717, 1.165) is 40.4 Å². The highest BCUT2D eigenvalue weighted by molar-refractivity contribution is 6.07. The van der Waals surface area contributed by atoms with Crippen molar-refractivity contribution in [2.45, 2.75) is 65.5 Å². The average Bonchev–Trinajstić information content (AvgIpc) is 3.11. The van der Waals surface area contributed by atoms with Crippen molar-refractivity contribution in [3.05, 3.63) is 52.3 Å². The van der Waals surface area contributed by atoms with Gasteiger partial charge in [0.15, 0.2) is 0 Å². The summed E-state index contributed by atoms with van der Waals surface area (Å²) in [6.45, 7) is 8.80. The van der Waals surface area contributed by atoms with Gasteiger partial charge in [-0.1, -0.05) is 36.8 Å². The zero-order valence-corrected chi connectivity index (χ0v) is 18.1. The van der Waals surface area contributed by atoms with Crippen LogP contribution in [0.4, 0.5) is 4.79 Å². The van der Waals surface area contributed by atoms with E-state index in [2.05, 4.69) is 53.6 Å². The fraction of sp³-hybridized carbons (Fsp3) is 0.478. The van der Waals surface area contributed by atoms with E-state index in [1.807, 2.05) is 18.5 Å². The fourth-order valence-corrected chi connectivity index (χ4v) is 4.34. The number of nitrogens with zero attached hydrogens (tertiary/aromatic N) is 4. The molecule has 4 rings (SSSR count). The number of hydrogen-bond acceptors (Lipinski definition) is 4. The van der Waals surface area contributed by atoms with Gasteiger partial charge in [0, 0.05) is 11.3 Å². The van der Waals surface area contributed by atoms with Gasteiger partial charge in [0.05, 0.1) is 18.5 Å². The summed E-state index contributed by atoms with van der Waals surface area (Å²) < 4.78 is 1.93. The third-order valence-electron chi connectivity index (χ3n) is 6.46. The molecule has 2 aromatic rings. The summed E-state index contributed by atoms with van der Waals surface area (Å²) >= 11 is 0. The number of aryl methyl sites for hydroxylation is 2. The standard InChI is InChI=1S/C23H29N5O2/c1-15-5-7-19(8-6-15)14-27-18(4)20(17(3)26-27)13-24-28-21(29)23(25-22(28)30)11-9-16(2)10-12-23/h5-8,13,16H,9-12,14H2,1-4H3,(H,25,30)/b24-13-. The van der Waals surface area contributed by atoms with Crippen molar-refractivity contribution in [2.24, 2.45) is 11.0 Å². The van der Waals surface area contributed by atoms with Crippen LogP contribution in [0.15, 0.2) is 29.4 Å². The molecule has 1 aliphatic carbocycles. The van der Waals surface area contributed by atoms with E-state index in [9.17, 15) is 9.59 Å². The maximum Gasteiger partial charge on any atom is 0.346 e. The fourth-order valence-electron chi connectivity index (χ4n) is 4.34. The Kier molecular flexibility index (Phi) is 5.22. The molecule has 1 aromatic heterocycles. The summed E-state index contributed by atoms with van der Waals surface area (Å²) in [5.74, 6) is 0.348. The van der Waals surface area contributed by atoms with Crippen molar-refractivity contribution in [1.82, 2.24) is 20.1 Å². The van der Waals surface area contributed by atoms with E-state index in [1.165, 1.54) is 5.56 Å². The molecule has 2 fully saturated rings. The first-order chi connectivity index (χ1) is 14.3. The monoisotopic (exact) mass is 407 g/mol. The third kappa shape index (κ3) is 3.64. The molecule has 0 radical (unpaired) electrons. The Morgan fingerprint density at radius 1 is 1.17 bits per heavy atom. The first kappa shape index (κ1) is 20.3. The number of rotatable bonds is 4. The molecule has 1 aromatic carbocycles. The molecule has 2 aliphatic rings. The Labute approximate surface area is 177 Å². The van der Waals surface area contributed by atoms with Crippen molar-refractivity contribution < 1.29 is 9.59 Å². The predicted octanol–water partition coefficient (Wildman–Crippen LogP) is 3.69. The van der Waals surface area contributed by atoms with Gasteiger partial charge in [-0.3, -0.25) is 9.48 Å². The number of amides is 3. The summed E-state index contributed by atoms with van der Waals surface area (Å²) in [5, 5.41) is 12.8. The number of carbonyl (C=O) groups excluding carboxylic acids is 2. The topological polar surface area (TPSA) is 79.6 Å². The van der Waals surface area contributed by atoms with Crippen LogP contribution in [0.2, 0.25) is 0 Å². The van der Waals surface area contributed by atoms with Crippen LogP contribution in [-0.4, -0.2) is 38.5 Å². The van der Waals surface area contributed by atoms with Crippen LogP contribution in [0, 0.1) is 26.7 Å². The molecule has 1 N–H and O–H groups in total. The molecule has 1 saturated carbocycles. The van der Waals surface area contributed by atoms with E-state index in [0.29, 0.717) is 25.3 Å². The SMILES string of the molecule is Cc1ccc(Cn2nc(C)c(/C=N\N3C(=O)NC4(CCC(C)CC4)C3=O)c2C)cc1. The molecule has 158 valence electrons. The molecule has 7 heteroatoms. The highest BCUT2D eigenvalue weighted by atomic mass is 16.2. The largest absolute Gasteiger partial charge is 0.346 e. The molecule has 0 bridgehead atoms. The van der Waals surface area contributed by atoms with Gasteiger partial charge in [-0.2, -0.15) is 10.2 Å². The minimum absolute atomic E-state index is 0.238. The second kappa shape index (κ2) is 7.70. The lowest BCUT2D eigenvalue weighted by atomic mass is 9.77. The van der Waals surface area contributed by atoms with Crippen LogP contribution >= 0.6 is 0 Å². The molecular formula is C23H29N5O2. The maximum atomic E-state index is 13.0.